The quantitative estimate of drug-likeness (QED) is 0.766. The van der Waals surface area contributed by atoms with Gasteiger partial charge in [0.1, 0.15) is 11.6 Å². The Hall–Kier alpha value is -0.610. The van der Waals surface area contributed by atoms with Crippen molar-refractivity contribution < 1.29 is 9.13 Å². The molecule has 1 fully saturated rings. The van der Waals surface area contributed by atoms with Gasteiger partial charge in [-0.15, -0.1) is 0 Å². The van der Waals surface area contributed by atoms with Gasteiger partial charge in [-0.25, -0.2) is 4.39 Å². The molecule has 3 unspecified atom stereocenters. The van der Waals surface area contributed by atoms with E-state index in [4.69, 9.17) is 4.74 Å². The molecule has 1 N–H and O–H groups in total. The first kappa shape index (κ1) is 16.8. The Morgan fingerprint density at radius 3 is 2.76 bits per heavy atom. The Bertz CT molecular complexity index is 480. The largest absolute Gasteiger partial charge is 0.496 e. The lowest BCUT2D eigenvalue weighted by atomic mass is 9.85. The molecule has 3 atom stereocenters. The summed E-state index contributed by atoms with van der Waals surface area (Å²) in [6, 6.07) is 3.60. The van der Waals surface area contributed by atoms with Crippen LogP contribution in [0.2, 0.25) is 0 Å². The molecule has 0 saturated heterocycles. The third-order valence-corrected chi connectivity index (χ3v) is 5.19. The van der Waals surface area contributed by atoms with E-state index in [2.05, 4.69) is 35.1 Å². The molecular formula is C17H25BrFNO. The van der Waals surface area contributed by atoms with Crippen LogP contribution in [-0.4, -0.2) is 13.7 Å². The van der Waals surface area contributed by atoms with E-state index < -0.39 is 0 Å². The molecule has 1 aromatic rings. The van der Waals surface area contributed by atoms with Gasteiger partial charge in [-0.3, -0.25) is 0 Å². The molecule has 1 aromatic carbocycles. The maximum Gasteiger partial charge on any atom is 0.141 e. The van der Waals surface area contributed by atoms with Crippen LogP contribution in [0.15, 0.2) is 16.6 Å². The fraction of sp³-hybridized carbons (Fsp3) is 0.647. The molecule has 2 rings (SSSR count). The van der Waals surface area contributed by atoms with E-state index in [-0.39, 0.29) is 11.9 Å². The van der Waals surface area contributed by atoms with Gasteiger partial charge in [0, 0.05) is 17.7 Å². The molecule has 0 spiro atoms. The third-order valence-electron chi connectivity index (χ3n) is 4.58. The highest BCUT2D eigenvalue weighted by atomic mass is 79.9. The summed E-state index contributed by atoms with van der Waals surface area (Å²) in [4.78, 5) is 0. The first-order valence-corrected chi connectivity index (χ1v) is 8.64. The van der Waals surface area contributed by atoms with Crippen LogP contribution in [0, 0.1) is 17.7 Å². The minimum absolute atomic E-state index is 0.231. The number of hydrogen-bond donors (Lipinski definition) is 1. The SMILES string of the molecule is CCCNC(c1cc(Br)c(F)cc1OC)C1CCCC1C. The minimum atomic E-state index is -0.274. The Morgan fingerprint density at radius 1 is 1.43 bits per heavy atom. The van der Waals surface area contributed by atoms with E-state index in [0.717, 1.165) is 18.5 Å². The molecule has 118 valence electrons. The van der Waals surface area contributed by atoms with Gasteiger partial charge >= 0.3 is 0 Å². The van der Waals surface area contributed by atoms with E-state index in [1.165, 1.54) is 25.3 Å². The Morgan fingerprint density at radius 2 is 2.19 bits per heavy atom. The number of halogens is 2. The van der Waals surface area contributed by atoms with Gasteiger partial charge in [-0.1, -0.05) is 26.7 Å². The van der Waals surface area contributed by atoms with Crippen LogP contribution in [0.25, 0.3) is 0 Å². The summed E-state index contributed by atoms with van der Waals surface area (Å²) >= 11 is 3.31. The average molecular weight is 358 g/mol. The van der Waals surface area contributed by atoms with Crippen LogP contribution in [0.5, 0.6) is 5.75 Å². The summed E-state index contributed by atoms with van der Waals surface area (Å²) in [6.45, 7) is 5.45. The minimum Gasteiger partial charge on any atom is -0.496 e. The first-order chi connectivity index (χ1) is 10.1. The molecule has 21 heavy (non-hydrogen) atoms. The molecule has 0 aromatic heterocycles. The fourth-order valence-corrected chi connectivity index (χ4v) is 3.79. The van der Waals surface area contributed by atoms with Crippen LogP contribution in [0.4, 0.5) is 4.39 Å². The average Bonchev–Trinajstić information content (AvgIpc) is 2.89. The second-order valence-corrected chi connectivity index (χ2v) is 6.87. The van der Waals surface area contributed by atoms with Crippen molar-refractivity contribution in [2.75, 3.05) is 13.7 Å². The standard InChI is InChI=1S/C17H25BrFNO/c1-4-8-20-17(12-7-5-6-11(12)2)13-9-14(18)15(19)10-16(13)21-3/h9-12,17,20H,4-8H2,1-3H3. The van der Waals surface area contributed by atoms with Crippen molar-refractivity contribution in [2.24, 2.45) is 11.8 Å². The number of nitrogens with one attached hydrogen (secondary N) is 1. The topological polar surface area (TPSA) is 21.3 Å². The normalized spacial score (nSPS) is 23.3. The van der Waals surface area contributed by atoms with Crippen molar-refractivity contribution in [3.05, 3.63) is 28.0 Å². The molecule has 2 nitrogen and oxygen atoms in total. The smallest absolute Gasteiger partial charge is 0.141 e. The number of hydrogen-bond acceptors (Lipinski definition) is 2. The van der Waals surface area contributed by atoms with Gasteiger partial charge in [0.2, 0.25) is 0 Å². The predicted octanol–water partition coefficient (Wildman–Crippen LogP) is 5.07. The highest BCUT2D eigenvalue weighted by Crippen LogP contribution is 2.43. The van der Waals surface area contributed by atoms with Crippen LogP contribution in [0.3, 0.4) is 0 Å². The number of ether oxygens (including phenoxy) is 1. The number of methoxy groups -OCH3 is 1. The van der Waals surface area contributed by atoms with Crippen LogP contribution < -0.4 is 10.1 Å². The van der Waals surface area contributed by atoms with Gasteiger partial charge in [0.15, 0.2) is 0 Å². The van der Waals surface area contributed by atoms with Crippen LogP contribution in [0.1, 0.15) is 51.1 Å². The molecule has 0 radical (unpaired) electrons. The predicted molar refractivity (Wildman–Crippen MR) is 88.2 cm³/mol. The van der Waals surface area contributed by atoms with Crippen LogP contribution >= 0.6 is 15.9 Å². The Balaban J connectivity index is 2.37. The molecule has 0 bridgehead atoms. The summed E-state index contributed by atoms with van der Waals surface area (Å²) in [6.07, 6.45) is 4.86. The maximum atomic E-state index is 13.8. The maximum absolute atomic E-state index is 13.8. The van der Waals surface area contributed by atoms with E-state index in [1.807, 2.05) is 6.07 Å². The van der Waals surface area contributed by atoms with Gasteiger partial charge in [0.05, 0.1) is 11.6 Å². The zero-order valence-corrected chi connectivity index (χ0v) is 14.7. The summed E-state index contributed by atoms with van der Waals surface area (Å²) < 4.78 is 19.7. The van der Waals surface area contributed by atoms with Crippen molar-refractivity contribution in [3.63, 3.8) is 0 Å². The molecule has 1 aliphatic carbocycles. The Labute approximate surface area is 135 Å². The van der Waals surface area contributed by atoms with Gasteiger partial charge in [0.25, 0.3) is 0 Å². The van der Waals surface area contributed by atoms with Crippen molar-refractivity contribution in [3.8, 4) is 5.75 Å². The lowest BCUT2D eigenvalue weighted by Crippen LogP contribution is -2.30. The molecule has 1 saturated carbocycles. The second-order valence-electron chi connectivity index (χ2n) is 6.01. The lowest BCUT2D eigenvalue weighted by Gasteiger charge is -2.30. The zero-order valence-electron chi connectivity index (χ0n) is 13.1. The molecule has 1 aliphatic rings. The Kier molecular flexibility index (Phi) is 6.06. The van der Waals surface area contributed by atoms with Crippen molar-refractivity contribution in [1.82, 2.24) is 5.32 Å². The summed E-state index contributed by atoms with van der Waals surface area (Å²) in [5.41, 5.74) is 1.07. The van der Waals surface area contributed by atoms with Crippen molar-refractivity contribution >= 4 is 15.9 Å². The first-order valence-electron chi connectivity index (χ1n) is 7.84. The molecule has 4 heteroatoms. The lowest BCUT2D eigenvalue weighted by molar-refractivity contribution is 0.292. The van der Waals surface area contributed by atoms with Gasteiger partial charge in [-0.2, -0.15) is 0 Å². The molecule has 0 amide bonds. The number of rotatable bonds is 6. The third kappa shape index (κ3) is 3.78. The summed E-state index contributed by atoms with van der Waals surface area (Å²) in [5, 5.41) is 3.66. The van der Waals surface area contributed by atoms with E-state index in [9.17, 15) is 4.39 Å². The molecule has 0 heterocycles. The van der Waals surface area contributed by atoms with Crippen molar-refractivity contribution in [1.29, 1.82) is 0 Å². The van der Waals surface area contributed by atoms with Crippen LogP contribution in [-0.2, 0) is 0 Å². The molecular weight excluding hydrogens is 333 g/mol. The van der Waals surface area contributed by atoms with E-state index >= 15 is 0 Å². The van der Waals surface area contributed by atoms with Gasteiger partial charge in [-0.05, 0) is 53.2 Å². The summed E-state index contributed by atoms with van der Waals surface area (Å²) in [7, 11) is 1.61. The summed E-state index contributed by atoms with van der Waals surface area (Å²) in [5.74, 6) is 1.64. The van der Waals surface area contributed by atoms with Crippen molar-refractivity contribution in [2.45, 2.75) is 45.6 Å². The highest BCUT2D eigenvalue weighted by Gasteiger charge is 2.33. The van der Waals surface area contributed by atoms with E-state index in [0.29, 0.717) is 22.1 Å². The second kappa shape index (κ2) is 7.59. The highest BCUT2D eigenvalue weighted by molar-refractivity contribution is 9.10. The zero-order chi connectivity index (χ0) is 15.4. The fourth-order valence-electron chi connectivity index (χ4n) is 3.42. The monoisotopic (exact) mass is 357 g/mol. The molecule has 0 aliphatic heterocycles. The van der Waals surface area contributed by atoms with E-state index in [1.54, 1.807) is 7.11 Å². The van der Waals surface area contributed by atoms with Gasteiger partial charge < -0.3 is 10.1 Å². The number of benzene rings is 1.